The van der Waals surface area contributed by atoms with E-state index in [0.29, 0.717) is 37.2 Å². The zero-order valence-electron chi connectivity index (χ0n) is 15.8. The van der Waals surface area contributed by atoms with Crippen LogP contribution >= 0.6 is 0 Å². The molecule has 1 N–H and O–H groups in total. The molecule has 6 nitrogen and oxygen atoms in total. The number of benzene rings is 1. The number of fused-ring (bicyclic) bond motifs is 2. The Morgan fingerprint density at radius 3 is 2.66 bits per heavy atom. The van der Waals surface area contributed by atoms with Gasteiger partial charge in [0.1, 0.15) is 17.7 Å². The molecule has 1 saturated heterocycles. The van der Waals surface area contributed by atoms with Crippen LogP contribution in [0.15, 0.2) is 54.9 Å². The molecule has 1 aromatic carbocycles. The van der Waals surface area contributed by atoms with Crippen LogP contribution in [0.1, 0.15) is 23.2 Å². The van der Waals surface area contributed by atoms with Crippen LogP contribution < -0.4 is 4.74 Å². The molecule has 0 spiro atoms. The van der Waals surface area contributed by atoms with E-state index in [-0.39, 0.29) is 29.7 Å². The standard InChI is InChI=1S/C22H22FN3O3/c23-16-4-6-17(7-5-16)29-21-10-15-13-25(12-14(15)9-20(21)27)22(28)18-11-24-26-8-2-1-3-19(18)26/h1-8,11,14-15,20-21,27H,9-10,12-13H2/t14-,15+,20+,21+/m0/s1. The SMILES string of the molecule is O=C(c1cnn2ccccc12)N1C[C@H]2C[C@@H](Oc3ccc(F)cc3)[C@H](O)C[C@H]2C1. The Hall–Kier alpha value is -2.93. The van der Waals surface area contributed by atoms with Gasteiger partial charge in [-0.15, -0.1) is 0 Å². The number of carbonyl (C=O) groups excluding carboxylic acids is 1. The van der Waals surface area contributed by atoms with E-state index < -0.39 is 6.10 Å². The lowest BCUT2D eigenvalue weighted by atomic mass is 9.78. The third-order valence-electron chi connectivity index (χ3n) is 6.13. The molecule has 5 rings (SSSR count). The lowest BCUT2D eigenvalue weighted by Crippen LogP contribution is -2.42. The molecule has 0 radical (unpaired) electrons. The molecule has 2 aromatic heterocycles. The maximum absolute atomic E-state index is 13.1. The number of rotatable bonds is 3. The van der Waals surface area contributed by atoms with Crippen LogP contribution in [-0.4, -0.2) is 50.8 Å². The summed E-state index contributed by atoms with van der Waals surface area (Å²) < 4.78 is 20.7. The monoisotopic (exact) mass is 395 g/mol. The van der Waals surface area contributed by atoms with Gasteiger partial charge in [-0.3, -0.25) is 4.79 Å². The third kappa shape index (κ3) is 3.35. The summed E-state index contributed by atoms with van der Waals surface area (Å²) in [6.45, 7) is 1.28. The van der Waals surface area contributed by atoms with Gasteiger partial charge in [0.25, 0.3) is 5.91 Å². The number of aliphatic hydroxyl groups excluding tert-OH is 1. The molecule has 3 heterocycles. The molecule has 150 valence electrons. The maximum atomic E-state index is 13.1. The molecule has 1 aliphatic heterocycles. The van der Waals surface area contributed by atoms with Crippen molar-refractivity contribution in [1.29, 1.82) is 0 Å². The fourth-order valence-corrected chi connectivity index (χ4v) is 4.64. The molecule has 1 aliphatic carbocycles. The molecule has 3 aromatic rings. The van der Waals surface area contributed by atoms with Gasteiger partial charge >= 0.3 is 0 Å². The minimum absolute atomic E-state index is 0.0221. The van der Waals surface area contributed by atoms with Crippen LogP contribution in [0.2, 0.25) is 0 Å². The Morgan fingerprint density at radius 1 is 1.10 bits per heavy atom. The summed E-state index contributed by atoms with van der Waals surface area (Å²) >= 11 is 0. The summed E-state index contributed by atoms with van der Waals surface area (Å²) in [5.41, 5.74) is 1.40. The molecule has 4 atom stereocenters. The molecule has 2 aliphatic rings. The van der Waals surface area contributed by atoms with E-state index in [0.717, 1.165) is 5.52 Å². The van der Waals surface area contributed by atoms with Gasteiger partial charge in [-0.05, 0) is 61.1 Å². The van der Waals surface area contributed by atoms with Crippen molar-refractivity contribution in [3.05, 3.63) is 66.2 Å². The zero-order valence-corrected chi connectivity index (χ0v) is 15.8. The number of aliphatic hydroxyl groups is 1. The topological polar surface area (TPSA) is 67.1 Å². The molecular formula is C22H22FN3O3. The highest BCUT2D eigenvalue weighted by Gasteiger charge is 2.44. The number of likely N-dealkylation sites (tertiary alicyclic amines) is 1. The van der Waals surface area contributed by atoms with Gasteiger partial charge in [-0.1, -0.05) is 6.07 Å². The summed E-state index contributed by atoms with van der Waals surface area (Å²) in [6.07, 6.45) is 3.75. The van der Waals surface area contributed by atoms with Gasteiger partial charge in [0.05, 0.1) is 23.4 Å². The second-order valence-electron chi connectivity index (χ2n) is 7.97. The quantitative estimate of drug-likeness (QED) is 0.741. The van der Waals surface area contributed by atoms with E-state index in [2.05, 4.69) is 5.10 Å². The van der Waals surface area contributed by atoms with Gasteiger partial charge in [0.2, 0.25) is 0 Å². The molecule has 7 heteroatoms. The Kier molecular flexibility index (Phi) is 4.47. The predicted molar refractivity (Wildman–Crippen MR) is 104 cm³/mol. The molecule has 29 heavy (non-hydrogen) atoms. The summed E-state index contributed by atoms with van der Waals surface area (Å²) in [5, 5.41) is 14.8. The number of ether oxygens (including phenoxy) is 1. The summed E-state index contributed by atoms with van der Waals surface area (Å²) in [7, 11) is 0. The first kappa shape index (κ1) is 18.1. The van der Waals surface area contributed by atoms with Gasteiger partial charge in [-0.25, -0.2) is 8.91 Å². The number of carbonyl (C=O) groups is 1. The number of pyridine rings is 1. The first-order valence-electron chi connectivity index (χ1n) is 9.90. The number of hydrogen-bond donors (Lipinski definition) is 1. The van der Waals surface area contributed by atoms with Gasteiger partial charge in [-0.2, -0.15) is 5.10 Å². The maximum Gasteiger partial charge on any atom is 0.257 e. The van der Waals surface area contributed by atoms with E-state index in [1.807, 2.05) is 29.3 Å². The van der Waals surface area contributed by atoms with Crippen molar-refractivity contribution in [3.8, 4) is 5.75 Å². The number of nitrogens with zero attached hydrogens (tertiary/aromatic N) is 3. The van der Waals surface area contributed by atoms with E-state index in [4.69, 9.17) is 4.74 Å². The second kappa shape index (κ2) is 7.15. The van der Waals surface area contributed by atoms with Crippen LogP contribution in [0.25, 0.3) is 5.52 Å². The van der Waals surface area contributed by atoms with E-state index in [1.54, 1.807) is 22.8 Å². The van der Waals surface area contributed by atoms with Crippen LogP contribution in [-0.2, 0) is 0 Å². The summed E-state index contributed by atoms with van der Waals surface area (Å²) in [5.74, 6) is 0.731. The first-order chi connectivity index (χ1) is 14.1. The second-order valence-corrected chi connectivity index (χ2v) is 7.97. The summed E-state index contributed by atoms with van der Waals surface area (Å²) in [4.78, 5) is 15.0. The van der Waals surface area contributed by atoms with Gasteiger partial charge in [0.15, 0.2) is 0 Å². The van der Waals surface area contributed by atoms with Crippen molar-refractivity contribution < 1.29 is 19.0 Å². The largest absolute Gasteiger partial charge is 0.488 e. The average molecular weight is 395 g/mol. The lowest BCUT2D eigenvalue weighted by Gasteiger charge is -2.35. The Bertz CT molecular complexity index is 1040. The van der Waals surface area contributed by atoms with Crippen LogP contribution in [0, 0.1) is 17.7 Å². The van der Waals surface area contributed by atoms with Crippen LogP contribution in [0.3, 0.4) is 0 Å². The predicted octanol–water partition coefficient (Wildman–Crippen LogP) is 2.76. The number of aromatic nitrogens is 2. The molecule has 0 unspecified atom stereocenters. The lowest BCUT2D eigenvalue weighted by molar-refractivity contribution is -0.0231. The summed E-state index contributed by atoms with van der Waals surface area (Å²) in [6, 6.07) is 11.5. The van der Waals surface area contributed by atoms with Crippen molar-refractivity contribution in [1.82, 2.24) is 14.5 Å². The minimum atomic E-state index is -0.603. The van der Waals surface area contributed by atoms with Crippen molar-refractivity contribution in [2.75, 3.05) is 13.1 Å². The fourth-order valence-electron chi connectivity index (χ4n) is 4.64. The normalized spacial score (nSPS) is 26.5. The Balaban J connectivity index is 1.29. The van der Waals surface area contributed by atoms with Crippen LogP contribution in [0.4, 0.5) is 4.39 Å². The zero-order chi connectivity index (χ0) is 20.0. The van der Waals surface area contributed by atoms with Crippen molar-refractivity contribution in [2.45, 2.75) is 25.0 Å². The first-order valence-corrected chi connectivity index (χ1v) is 9.90. The molecule has 2 fully saturated rings. The van der Waals surface area contributed by atoms with E-state index in [9.17, 15) is 14.3 Å². The molecule has 1 saturated carbocycles. The van der Waals surface area contributed by atoms with Gasteiger partial charge in [0, 0.05) is 19.3 Å². The smallest absolute Gasteiger partial charge is 0.257 e. The average Bonchev–Trinajstić information content (AvgIpc) is 3.33. The Labute approximate surface area is 167 Å². The number of halogens is 1. The fraction of sp³-hybridized carbons (Fsp3) is 0.364. The van der Waals surface area contributed by atoms with E-state index in [1.165, 1.54) is 12.1 Å². The Morgan fingerprint density at radius 2 is 1.86 bits per heavy atom. The van der Waals surface area contributed by atoms with Crippen LogP contribution in [0.5, 0.6) is 5.75 Å². The van der Waals surface area contributed by atoms with Crippen molar-refractivity contribution >= 4 is 11.4 Å². The van der Waals surface area contributed by atoms with Gasteiger partial charge < -0.3 is 14.7 Å². The molecule has 1 amide bonds. The van der Waals surface area contributed by atoms with Crippen molar-refractivity contribution in [3.63, 3.8) is 0 Å². The van der Waals surface area contributed by atoms with Crippen molar-refractivity contribution in [2.24, 2.45) is 11.8 Å². The highest BCUT2D eigenvalue weighted by molar-refractivity contribution is 6.00. The molecule has 0 bridgehead atoms. The molecular weight excluding hydrogens is 373 g/mol. The third-order valence-corrected chi connectivity index (χ3v) is 6.13. The van der Waals surface area contributed by atoms with E-state index >= 15 is 0 Å². The highest BCUT2D eigenvalue weighted by atomic mass is 19.1. The number of amides is 1. The number of hydrogen-bond acceptors (Lipinski definition) is 4. The minimum Gasteiger partial charge on any atom is -0.488 e. The highest BCUT2D eigenvalue weighted by Crippen LogP contribution is 2.38.